The minimum absolute atomic E-state index is 0.0592. The van der Waals surface area contributed by atoms with E-state index in [2.05, 4.69) is 28.8 Å². The number of carboxylic acid groups (broad SMARTS) is 2. The number of ether oxygens (including phenoxy) is 1. The molecule has 0 amide bonds. The van der Waals surface area contributed by atoms with Crippen LogP contribution in [0.25, 0.3) is 29.1 Å². The molecule has 4 aromatic rings. The second-order valence-corrected chi connectivity index (χ2v) is 9.33. The second kappa shape index (κ2) is 13.8. The Balaban J connectivity index is 1.47. The molecule has 0 atom stereocenters. The number of hydrogen-bond donors (Lipinski definition) is 2. The van der Waals surface area contributed by atoms with E-state index in [1.165, 1.54) is 5.56 Å². The van der Waals surface area contributed by atoms with Crippen LogP contribution in [0.5, 0.6) is 5.75 Å². The lowest BCUT2D eigenvalue weighted by Crippen LogP contribution is -2.04. The van der Waals surface area contributed by atoms with E-state index in [0.29, 0.717) is 19.6 Å². The fraction of sp³-hybridized carbons (Fsp3) is 0.212. The summed E-state index contributed by atoms with van der Waals surface area (Å²) < 4.78 is 7.98. The molecule has 0 aliphatic heterocycles. The maximum absolute atomic E-state index is 11.3. The number of aliphatic carboxylic acids is 2. The van der Waals surface area contributed by atoms with E-state index in [0.717, 1.165) is 58.8 Å². The third-order valence-corrected chi connectivity index (χ3v) is 6.50. The Bertz CT molecular complexity index is 1450. The summed E-state index contributed by atoms with van der Waals surface area (Å²) >= 11 is 0. The van der Waals surface area contributed by atoms with Gasteiger partial charge in [-0.3, -0.25) is 4.79 Å². The van der Waals surface area contributed by atoms with Crippen molar-refractivity contribution in [2.24, 2.45) is 0 Å². The number of aryl methyl sites for hydroxylation is 2. The molecule has 0 spiro atoms. The number of fused-ring (bicyclic) bond motifs is 1. The Morgan fingerprint density at radius 2 is 1.54 bits per heavy atom. The standard InChI is InChI=1S/C33H33NO5/c35-32(36)14-8-23-34-30-13-5-4-12-28(30)29(20-22-33(37)38)31(34)21-17-26-15-18-27(19-16-26)39-24-7-6-11-25-9-2-1-3-10-25/h1-5,9-10,12-13,15-22H,6-8,11,14,23-24H2,(H,35,36)(H,37,38). The molecular weight excluding hydrogens is 490 g/mol. The van der Waals surface area contributed by atoms with Gasteiger partial charge >= 0.3 is 11.9 Å². The Labute approximate surface area is 228 Å². The summed E-state index contributed by atoms with van der Waals surface area (Å²) in [5.41, 5.74) is 4.87. The molecule has 0 aliphatic carbocycles. The van der Waals surface area contributed by atoms with E-state index in [1.54, 1.807) is 6.08 Å². The minimum Gasteiger partial charge on any atom is -0.494 e. The van der Waals surface area contributed by atoms with Crippen molar-refractivity contribution in [1.29, 1.82) is 0 Å². The van der Waals surface area contributed by atoms with Crippen LogP contribution in [0.3, 0.4) is 0 Å². The monoisotopic (exact) mass is 523 g/mol. The Morgan fingerprint density at radius 3 is 2.28 bits per heavy atom. The third-order valence-electron chi connectivity index (χ3n) is 6.50. The smallest absolute Gasteiger partial charge is 0.328 e. The number of para-hydroxylation sites is 1. The van der Waals surface area contributed by atoms with E-state index >= 15 is 0 Å². The molecule has 6 heteroatoms. The molecule has 39 heavy (non-hydrogen) atoms. The van der Waals surface area contributed by atoms with Crippen molar-refractivity contribution in [2.45, 2.75) is 38.6 Å². The number of rotatable bonds is 14. The van der Waals surface area contributed by atoms with E-state index in [-0.39, 0.29) is 6.42 Å². The highest BCUT2D eigenvalue weighted by atomic mass is 16.5. The maximum Gasteiger partial charge on any atom is 0.328 e. The molecule has 1 aromatic heterocycles. The molecule has 0 aliphatic rings. The average molecular weight is 524 g/mol. The van der Waals surface area contributed by atoms with Gasteiger partial charge in [0.15, 0.2) is 0 Å². The number of carboxylic acids is 2. The summed E-state index contributed by atoms with van der Waals surface area (Å²) in [7, 11) is 0. The van der Waals surface area contributed by atoms with Gasteiger partial charge < -0.3 is 19.5 Å². The highest BCUT2D eigenvalue weighted by molar-refractivity contribution is 5.98. The first kappa shape index (κ1) is 27.5. The normalized spacial score (nSPS) is 11.5. The molecule has 3 aromatic carbocycles. The third kappa shape index (κ3) is 7.95. The zero-order valence-electron chi connectivity index (χ0n) is 21.8. The fourth-order valence-electron chi connectivity index (χ4n) is 4.60. The highest BCUT2D eigenvalue weighted by Gasteiger charge is 2.14. The van der Waals surface area contributed by atoms with Crippen LogP contribution in [0.2, 0.25) is 0 Å². The van der Waals surface area contributed by atoms with Crippen LogP contribution in [-0.4, -0.2) is 33.3 Å². The Kier molecular flexibility index (Phi) is 9.73. The average Bonchev–Trinajstić information content (AvgIpc) is 3.24. The topological polar surface area (TPSA) is 88.8 Å². The van der Waals surface area contributed by atoms with Gasteiger partial charge in [0.05, 0.1) is 6.61 Å². The van der Waals surface area contributed by atoms with E-state index in [9.17, 15) is 14.7 Å². The van der Waals surface area contributed by atoms with Gasteiger partial charge in [0, 0.05) is 41.2 Å². The molecule has 0 unspecified atom stereocenters. The first-order chi connectivity index (χ1) is 19.0. The second-order valence-electron chi connectivity index (χ2n) is 9.33. The quantitative estimate of drug-likeness (QED) is 0.135. The Hall–Kier alpha value is -4.58. The Morgan fingerprint density at radius 1 is 0.795 bits per heavy atom. The van der Waals surface area contributed by atoms with Gasteiger partial charge in [0.25, 0.3) is 0 Å². The number of unbranched alkanes of at least 4 members (excludes halogenated alkanes) is 1. The lowest BCUT2D eigenvalue weighted by molar-refractivity contribution is -0.137. The molecular formula is C33H33NO5. The van der Waals surface area contributed by atoms with Crippen LogP contribution in [-0.2, 0) is 22.6 Å². The lowest BCUT2D eigenvalue weighted by Gasteiger charge is -2.09. The largest absolute Gasteiger partial charge is 0.494 e. The predicted molar refractivity (Wildman–Crippen MR) is 156 cm³/mol. The van der Waals surface area contributed by atoms with Gasteiger partial charge in [0.1, 0.15) is 5.75 Å². The van der Waals surface area contributed by atoms with Crippen molar-refractivity contribution < 1.29 is 24.5 Å². The summed E-state index contributed by atoms with van der Waals surface area (Å²) in [6.07, 6.45) is 10.3. The molecule has 4 rings (SSSR count). The highest BCUT2D eigenvalue weighted by Crippen LogP contribution is 2.30. The van der Waals surface area contributed by atoms with Crippen LogP contribution in [0, 0.1) is 0 Å². The van der Waals surface area contributed by atoms with E-state index in [1.807, 2.05) is 66.7 Å². The molecule has 0 saturated heterocycles. The minimum atomic E-state index is -1.02. The molecule has 0 fully saturated rings. The zero-order chi connectivity index (χ0) is 27.5. The molecule has 0 bridgehead atoms. The van der Waals surface area contributed by atoms with Crippen LogP contribution in [0.4, 0.5) is 0 Å². The number of nitrogens with zero attached hydrogens (tertiary/aromatic N) is 1. The lowest BCUT2D eigenvalue weighted by atomic mass is 10.1. The SMILES string of the molecule is O=C(O)C=Cc1c(C=Cc2ccc(OCCCCc3ccccc3)cc2)n(CCCC(=O)O)c2ccccc12. The zero-order valence-corrected chi connectivity index (χ0v) is 21.8. The summed E-state index contributed by atoms with van der Waals surface area (Å²) in [6.45, 7) is 1.17. The fourth-order valence-corrected chi connectivity index (χ4v) is 4.60. The maximum atomic E-state index is 11.3. The van der Waals surface area contributed by atoms with Gasteiger partial charge in [-0.2, -0.15) is 0 Å². The summed E-state index contributed by atoms with van der Waals surface area (Å²) in [5.74, 6) is -1.05. The van der Waals surface area contributed by atoms with Gasteiger partial charge in [-0.15, -0.1) is 0 Å². The first-order valence-corrected chi connectivity index (χ1v) is 13.2. The van der Waals surface area contributed by atoms with Gasteiger partial charge in [-0.1, -0.05) is 66.7 Å². The molecule has 1 heterocycles. The summed E-state index contributed by atoms with van der Waals surface area (Å²) in [6, 6.07) is 26.1. The first-order valence-electron chi connectivity index (χ1n) is 13.2. The predicted octanol–water partition coefficient (Wildman–Crippen LogP) is 7.18. The van der Waals surface area contributed by atoms with Crippen molar-refractivity contribution in [1.82, 2.24) is 4.57 Å². The van der Waals surface area contributed by atoms with E-state index < -0.39 is 11.9 Å². The summed E-state index contributed by atoms with van der Waals surface area (Å²) in [4.78, 5) is 22.4. The van der Waals surface area contributed by atoms with Crippen molar-refractivity contribution in [3.05, 3.63) is 107 Å². The van der Waals surface area contributed by atoms with Gasteiger partial charge in [0.2, 0.25) is 0 Å². The van der Waals surface area contributed by atoms with Crippen LogP contribution in [0.1, 0.15) is 48.1 Å². The molecule has 200 valence electrons. The molecule has 0 radical (unpaired) electrons. The number of carbonyl (C=O) groups is 2. The van der Waals surface area contributed by atoms with Gasteiger partial charge in [-0.05, 0) is 67.2 Å². The number of aromatic nitrogens is 1. The van der Waals surface area contributed by atoms with Crippen molar-refractivity contribution >= 4 is 41.1 Å². The van der Waals surface area contributed by atoms with Crippen molar-refractivity contribution in [3.63, 3.8) is 0 Å². The molecule has 0 saturated carbocycles. The van der Waals surface area contributed by atoms with Crippen LogP contribution >= 0.6 is 0 Å². The van der Waals surface area contributed by atoms with E-state index in [4.69, 9.17) is 9.84 Å². The van der Waals surface area contributed by atoms with Crippen molar-refractivity contribution in [2.75, 3.05) is 6.61 Å². The van der Waals surface area contributed by atoms with Crippen molar-refractivity contribution in [3.8, 4) is 5.75 Å². The molecule has 6 nitrogen and oxygen atoms in total. The number of benzene rings is 3. The molecule has 2 N–H and O–H groups in total. The van der Waals surface area contributed by atoms with Crippen LogP contribution in [0.15, 0.2) is 84.9 Å². The summed E-state index contributed by atoms with van der Waals surface area (Å²) in [5, 5.41) is 19.3. The number of hydrogen-bond acceptors (Lipinski definition) is 3. The van der Waals surface area contributed by atoms with Crippen LogP contribution < -0.4 is 4.74 Å². The van der Waals surface area contributed by atoms with Gasteiger partial charge in [-0.25, -0.2) is 4.79 Å².